The molecule has 0 atom stereocenters. The first-order chi connectivity index (χ1) is 13.0. The zero-order valence-corrected chi connectivity index (χ0v) is 16.7. The quantitative estimate of drug-likeness (QED) is 0.531. The molecule has 2 aromatic rings. The maximum Gasteiger partial charge on any atom is 0.292 e. The third-order valence-electron chi connectivity index (χ3n) is 3.69. The lowest BCUT2D eigenvalue weighted by molar-refractivity contribution is -0.116. The molecule has 0 saturated heterocycles. The summed E-state index contributed by atoms with van der Waals surface area (Å²) in [5, 5.41) is 8.44. The van der Waals surface area contributed by atoms with Crippen LogP contribution in [-0.4, -0.2) is 48.9 Å². The van der Waals surface area contributed by atoms with Gasteiger partial charge in [0.1, 0.15) is 0 Å². The van der Waals surface area contributed by atoms with Gasteiger partial charge >= 0.3 is 0 Å². The van der Waals surface area contributed by atoms with Gasteiger partial charge in [-0.25, -0.2) is 9.97 Å². The Bertz CT molecular complexity index is 891. The molecule has 11 heteroatoms. The van der Waals surface area contributed by atoms with E-state index in [0.717, 1.165) is 0 Å². The van der Waals surface area contributed by atoms with Crippen molar-refractivity contribution in [3.8, 4) is 0 Å². The Morgan fingerprint density at radius 3 is 2.07 bits per heavy atom. The maximum absolute atomic E-state index is 12.4. The summed E-state index contributed by atoms with van der Waals surface area (Å²) in [5.41, 5.74) is 5.13. The van der Waals surface area contributed by atoms with Crippen molar-refractivity contribution in [3.63, 3.8) is 0 Å². The minimum absolute atomic E-state index is 0.0203. The molecule has 0 spiro atoms. The fourth-order valence-electron chi connectivity index (χ4n) is 2.42. The molecule has 0 radical (unpaired) electrons. The normalized spacial score (nSPS) is 11.3. The second kappa shape index (κ2) is 8.21. The summed E-state index contributed by atoms with van der Waals surface area (Å²) in [6.45, 7) is 6.57. The molecule has 3 amide bonds. The summed E-state index contributed by atoms with van der Waals surface area (Å²) >= 11 is 0. The highest BCUT2D eigenvalue weighted by Crippen LogP contribution is 2.12. The Labute approximate surface area is 162 Å². The number of anilines is 2. The van der Waals surface area contributed by atoms with Crippen molar-refractivity contribution in [2.24, 2.45) is 19.8 Å². The molecule has 0 fully saturated rings. The lowest BCUT2D eigenvalue weighted by Gasteiger charge is -2.19. The third-order valence-corrected chi connectivity index (χ3v) is 3.69. The van der Waals surface area contributed by atoms with Gasteiger partial charge in [0.15, 0.2) is 11.6 Å². The van der Waals surface area contributed by atoms with E-state index in [1.54, 1.807) is 14.1 Å². The topological polar surface area (TPSA) is 149 Å². The molecule has 0 aliphatic rings. The molecule has 0 bridgehead atoms. The van der Waals surface area contributed by atoms with E-state index in [0.29, 0.717) is 6.54 Å². The Morgan fingerprint density at radius 1 is 1.00 bits per heavy atom. The molecule has 0 saturated carbocycles. The molecule has 2 rings (SSSR count). The Kier molecular flexibility index (Phi) is 6.19. The zero-order valence-electron chi connectivity index (χ0n) is 16.7. The summed E-state index contributed by atoms with van der Waals surface area (Å²) < 4.78 is 2.89. The minimum Gasteiger partial charge on any atom is -0.363 e. The SMILES string of the molecule is Cn1cc(NC(=O)c2nc(NC(=O)CCNC(C)(C)C)cn2C)nc1C(N)=O. The minimum atomic E-state index is -0.703. The van der Waals surface area contributed by atoms with E-state index >= 15 is 0 Å². The second-order valence-electron chi connectivity index (χ2n) is 7.41. The van der Waals surface area contributed by atoms with Crippen LogP contribution in [0.5, 0.6) is 0 Å². The van der Waals surface area contributed by atoms with Crippen LogP contribution in [-0.2, 0) is 18.9 Å². The number of carbonyl (C=O) groups is 3. The number of aromatic nitrogens is 4. The Balaban J connectivity index is 1.99. The van der Waals surface area contributed by atoms with Crippen molar-refractivity contribution < 1.29 is 14.4 Å². The molecular formula is C17H26N8O3. The van der Waals surface area contributed by atoms with Crippen molar-refractivity contribution in [2.45, 2.75) is 32.7 Å². The van der Waals surface area contributed by atoms with E-state index in [1.165, 1.54) is 21.5 Å². The molecule has 2 heterocycles. The first-order valence-corrected chi connectivity index (χ1v) is 8.69. The molecule has 2 aromatic heterocycles. The van der Waals surface area contributed by atoms with Crippen LogP contribution in [0.4, 0.5) is 11.6 Å². The van der Waals surface area contributed by atoms with E-state index in [2.05, 4.69) is 25.9 Å². The van der Waals surface area contributed by atoms with Gasteiger partial charge in [0.2, 0.25) is 17.6 Å². The van der Waals surface area contributed by atoms with E-state index < -0.39 is 11.8 Å². The van der Waals surface area contributed by atoms with Crippen LogP contribution in [0.15, 0.2) is 12.4 Å². The number of rotatable bonds is 7. The molecule has 0 unspecified atom stereocenters. The van der Waals surface area contributed by atoms with Crippen LogP contribution in [0.25, 0.3) is 0 Å². The number of imidazole rings is 2. The lowest BCUT2D eigenvalue weighted by atomic mass is 10.1. The third kappa shape index (κ3) is 5.64. The fourth-order valence-corrected chi connectivity index (χ4v) is 2.42. The van der Waals surface area contributed by atoms with Crippen molar-refractivity contribution in [2.75, 3.05) is 17.2 Å². The van der Waals surface area contributed by atoms with Gasteiger partial charge in [0.05, 0.1) is 0 Å². The number of primary amides is 1. The average molecular weight is 390 g/mol. The van der Waals surface area contributed by atoms with Crippen molar-refractivity contribution in [1.82, 2.24) is 24.4 Å². The predicted octanol–water partition coefficient (Wildman–Crippen LogP) is 0.222. The predicted molar refractivity (Wildman–Crippen MR) is 104 cm³/mol. The smallest absolute Gasteiger partial charge is 0.292 e. The number of amides is 3. The summed E-state index contributed by atoms with van der Waals surface area (Å²) in [5.74, 6) is -0.910. The van der Waals surface area contributed by atoms with Gasteiger partial charge in [-0.2, -0.15) is 0 Å². The number of nitrogens with zero attached hydrogens (tertiary/aromatic N) is 4. The number of carbonyl (C=O) groups excluding carboxylic acids is 3. The van der Waals surface area contributed by atoms with Crippen LogP contribution >= 0.6 is 0 Å². The van der Waals surface area contributed by atoms with Gasteiger partial charge < -0.3 is 30.8 Å². The maximum atomic E-state index is 12.4. The van der Waals surface area contributed by atoms with E-state index in [9.17, 15) is 14.4 Å². The highest BCUT2D eigenvalue weighted by Gasteiger charge is 2.18. The van der Waals surface area contributed by atoms with Crippen LogP contribution in [0.3, 0.4) is 0 Å². The van der Waals surface area contributed by atoms with Gasteiger partial charge in [-0.3, -0.25) is 14.4 Å². The van der Waals surface area contributed by atoms with Crippen molar-refractivity contribution in [1.29, 1.82) is 0 Å². The van der Waals surface area contributed by atoms with Crippen LogP contribution in [0, 0.1) is 0 Å². The van der Waals surface area contributed by atoms with Gasteiger partial charge in [0.25, 0.3) is 11.8 Å². The van der Waals surface area contributed by atoms with Gasteiger partial charge in [-0.1, -0.05) is 0 Å². The van der Waals surface area contributed by atoms with Crippen LogP contribution < -0.4 is 21.7 Å². The van der Waals surface area contributed by atoms with Crippen LogP contribution in [0.2, 0.25) is 0 Å². The van der Waals surface area contributed by atoms with Gasteiger partial charge in [-0.15, -0.1) is 0 Å². The van der Waals surface area contributed by atoms with Crippen molar-refractivity contribution >= 4 is 29.4 Å². The van der Waals surface area contributed by atoms with Gasteiger partial charge in [-0.05, 0) is 20.8 Å². The summed E-state index contributed by atoms with van der Waals surface area (Å²) in [6, 6.07) is 0. The number of hydrogen-bond donors (Lipinski definition) is 4. The molecule has 0 aliphatic heterocycles. The highest BCUT2D eigenvalue weighted by molar-refractivity contribution is 6.02. The monoisotopic (exact) mass is 390 g/mol. The molecule has 0 aromatic carbocycles. The van der Waals surface area contributed by atoms with E-state index in [-0.39, 0.29) is 41.2 Å². The summed E-state index contributed by atoms with van der Waals surface area (Å²) in [6.07, 6.45) is 3.28. The molecule has 11 nitrogen and oxygen atoms in total. The van der Waals surface area contributed by atoms with Crippen molar-refractivity contribution in [3.05, 3.63) is 24.0 Å². The van der Waals surface area contributed by atoms with E-state index in [4.69, 9.17) is 5.73 Å². The van der Waals surface area contributed by atoms with Crippen LogP contribution in [0.1, 0.15) is 48.4 Å². The van der Waals surface area contributed by atoms with E-state index in [1.807, 2.05) is 20.8 Å². The number of nitrogens with two attached hydrogens (primary N) is 1. The highest BCUT2D eigenvalue weighted by atomic mass is 16.2. The van der Waals surface area contributed by atoms with Gasteiger partial charge in [0, 0.05) is 45.0 Å². The first-order valence-electron chi connectivity index (χ1n) is 8.69. The lowest BCUT2D eigenvalue weighted by Crippen LogP contribution is -2.37. The fraction of sp³-hybridized carbons (Fsp3) is 0.471. The number of hydrogen-bond acceptors (Lipinski definition) is 6. The Morgan fingerprint density at radius 2 is 1.54 bits per heavy atom. The Hall–Kier alpha value is -3.21. The number of aryl methyl sites for hydroxylation is 2. The zero-order chi connectivity index (χ0) is 21.1. The largest absolute Gasteiger partial charge is 0.363 e. The molecule has 28 heavy (non-hydrogen) atoms. The second-order valence-corrected chi connectivity index (χ2v) is 7.41. The standard InChI is InChI=1S/C17H26N8O3/c1-17(2,3)19-7-6-12(26)20-10-8-25(5)15(22-10)16(28)23-11-9-24(4)14(21-11)13(18)27/h8-9,19H,6-7H2,1-5H3,(H2,18,27)(H,20,26)(H,23,28). The molecule has 5 N–H and O–H groups in total. The summed E-state index contributed by atoms with van der Waals surface area (Å²) in [7, 11) is 3.22. The molecule has 0 aliphatic carbocycles. The molecule has 152 valence electrons. The first kappa shape index (κ1) is 21.1. The average Bonchev–Trinajstić information content (AvgIpc) is 3.08. The summed E-state index contributed by atoms with van der Waals surface area (Å²) in [4.78, 5) is 43.8. The number of nitrogens with one attached hydrogen (secondary N) is 3. The molecular weight excluding hydrogens is 364 g/mol.